The van der Waals surface area contributed by atoms with Crippen LogP contribution in [0.5, 0.6) is 0 Å². The molecule has 1 aromatic heterocycles. The minimum absolute atomic E-state index is 0. The normalized spacial score (nSPS) is 8.20. The summed E-state index contributed by atoms with van der Waals surface area (Å²) in [6, 6.07) is 1.74. The number of nitrogens with two attached hydrogens (primary N) is 1. The molecule has 10 heavy (non-hydrogen) atoms. The highest BCUT2D eigenvalue weighted by molar-refractivity contribution is 5.85. The van der Waals surface area contributed by atoms with Gasteiger partial charge in [-0.15, -0.1) is 12.4 Å². The third kappa shape index (κ3) is 2.16. The molecule has 2 N–H and O–H groups in total. The molecular formula is C5H9ClN4. The van der Waals surface area contributed by atoms with Crippen molar-refractivity contribution in [3.63, 3.8) is 0 Å². The van der Waals surface area contributed by atoms with Crippen LogP contribution in [0.1, 0.15) is 0 Å². The molecule has 0 unspecified atom stereocenters. The van der Waals surface area contributed by atoms with Crippen molar-refractivity contribution in [2.45, 2.75) is 0 Å². The average Bonchev–Trinajstić information content (AvgIpc) is 1.90. The number of anilines is 1. The van der Waals surface area contributed by atoms with Gasteiger partial charge in [0, 0.05) is 19.4 Å². The van der Waals surface area contributed by atoms with Gasteiger partial charge < -0.3 is 0 Å². The predicted octanol–water partition coefficient (Wildman–Crippen LogP) is 0.208. The zero-order chi connectivity index (χ0) is 6.69. The third-order valence-electron chi connectivity index (χ3n) is 0.868. The van der Waals surface area contributed by atoms with Crippen molar-refractivity contribution in [1.82, 2.24) is 9.97 Å². The molecule has 0 aliphatic heterocycles. The Hall–Kier alpha value is -0.870. The second kappa shape index (κ2) is 4.03. The molecule has 1 rings (SSSR count). The highest BCUT2D eigenvalue weighted by atomic mass is 35.5. The van der Waals surface area contributed by atoms with Crippen molar-refractivity contribution in [2.75, 3.05) is 12.1 Å². The van der Waals surface area contributed by atoms with Crippen LogP contribution >= 0.6 is 12.4 Å². The lowest BCUT2D eigenvalue weighted by molar-refractivity contribution is 0.929. The molecule has 1 aromatic rings. The summed E-state index contributed by atoms with van der Waals surface area (Å²) in [6.07, 6.45) is 3.29. The predicted molar refractivity (Wildman–Crippen MR) is 41.9 cm³/mol. The van der Waals surface area contributed by atoms with Crippen molar-refractivity contribution >= 4 is 18.4 Å². The van der Waals surface area contributed by atoms with E-state index in [2.05, 4.69) is 9.97 Å². The van der Waals surface area contributed by atoms with Gasteiger partial charge in [-0.1, -0.05) is 0 Å². The lowest BCUT2D eigenvalue weighted by Crippen LogP contribution is -2.26. The van der Waals surface area contributed by atoms with Crippen LogP contribution in [-0.2, 0) is 0 Å². The first-order chi connectivity index (χ1) is 4.30. The number of rotatable bonds is 1. The topological polar surface area (TPSA) is 55.0 Å². The lowest BCUT2D eigenvalue weighted by Gasteiger charge is -2.06. The molecule has 0 saturated heterocycles. The van der Waals surface area contributed by atoms with Gasteiger partial charge in [0.05, 0.1) is 0 Å². The van der Waals surface area contributed by atoms with Crippen molar-refractivity contribution < 1.29 is 0 Å². The second-order valence-corrected chi connectivity index (χ2v) is 1.66. The molecule has 0 amide bonds. The SMILES string of the molecule is CN(N)c1ncccn1.Cl. The molecule has 4 nitrogen and oxygen atoms in total. The Labute approximate surface area is 65.5 Å². The largest absolute Gasteiger partial charge is 0.282 e. The zero-order valence-electron chi connectivity index (χ0n) is 5.56. The summed E-state index contributed by atoms with van der Waals surface area (Å²) >= 11 is 0. The number of halogens is 1. The Kier molecular flexibility index (Phi) is 3.68. The second-order valence-electron chi connectivity index (χ2n) is 1.66. The summed E-state index contributed by atoms with van der Waals surface area (Å²) in [5.74, 6) is 5.85. The minimum Gasteiger partial charge on any atom is -0.282 e. The number of aromatic nitrogens is 2. The van der Waals surface area contributed by atoms with Gasteiger partial charge in [0.15, 0.2) is 0 Å². The van der Waals surface area contributed by atoms with Crippen LogP contribution in [0.3, 0.4) is 0 Å². The van der Waals surface area contributed by atoms with E-state index in [9.17, 15) is 0 Å². The fraction of sp³-hybridized carbons (Fsp3) is 0.200. The zero-order valence-corrected chi connectivity index (χ0v) is 6.38. The van der Waals surface area contributed by atoms with E-state index in [1.165, 1.54) is 5.01 Å². The van der Waals surface area contributed by atoms with Gasteiger partial charge in [-0.25, -0.2) is 15.8 Å². The molecule has 0 atom stereocenters. The third-order valence-corrected chi connectivity index (χ3v) is 0.868. The summed E-state index contributed by atoms with van der Waals surface area (Å²) in [5, 5.41) is 1.36. The molecule has 0 aromatic carbocycles. The van der Waals surface area contributed by atoms with E-state index >= 15 is 0 Å². The van der Waals surface area contributed by atoms with Crippen LogP contribution in [0.25, 0.3) is 0 Å². The summed E-state index contributed by atoms with van der Waals surface area (Å²) in [6.45, 7) is 0. The van der Waals surface area contributed by atoms with Crippen molar-refractivity contribution in [3.05, 3.63) is 18.5 Å². The van der Waals surface area contributed by atoms with Crippen molar-refractivity contribution in [1.29, 1.82) is 0 Å². The molecule has 0 saturated carbocycles. The van der Waals surface area contributed by atoms with Gasteiger partial charge in [0.25, 0.3) is 0 Å². The number of nitrogens with zero attached hydrogens (tertiary/aromatic N) is 3. The van der Waals surface area contributed by atoms with E-state index in [0.29, 0.717) is 5.95 Å². The summed E-state index contributed by atoms with van der Waals surface area (Å²) < 4.78 is 0. The first kappa shape index (κ1) is 9.13. The van der Waals surface area contributed by atoms with Crippen LogP contribution in [-0.4, -0.2) is 17.0 Å². The average molecular weight is 161 g/mol. The summed E-state index contributed by atoms with van der Waals surface area (Å²) in [5.41, 5.74) is 0. The maximum Gasteiger partial charge on any atom is 0.239 e. The van der Waals surface area contributed by atoms with Gasteiger partial charge in [-0.3, -0.25) is 5.01 Å². The van der Waals surface area contributed by atoms with Gasteiger partial charge in [0.1, 0.15) is 0 Å². The first-order valence-electron chi connectivity index (χ1n) is 2.56. The van der Waals surface area contributed by atoms with E-state index < -0.39 is 0 Å². The first-order valence-corrected chi connectivity index (χ1v) is 2.56. The molecular weight excluding hydrogens is 152 g/mol. The van der Waals surface area contributed by atoms with Crippen LogP contribution in [0.2, 0.25) is 0 Å². The maximum atomic E-state index is 5.32. The van der Waals surface area contributed by atoms with Gasteiger partial charge in [-0.05, 0) is 6.07 Å². The van der Waals surface area contributed by atoms with Crippen LogP contribution in [0.15, 0.2) is 18.5 Å². The smallest absolute Gasteiger partial charge is 0.239 e. The standard InChI is InChI=1S/C5H8N4.ClH/c1-9(6)5-7-3-2-4-8-5;/h2-4H,6H2,1H3;1H. The summed E-state index contributed by atoms with van der Waals surface area (Å²) in [4.78, 5) is 7.74. The molecule has 0 fully saturated rings. The highest BCUT2D eigenvalue weighted by Crippen LogP contribution is 1.94. The molecule has 0 bridgehead atoms. The van der Waals surface area contributed by atoms with Crippen LogP contribution in [0.4, 0.5) is 5.95 Å². The lowest BCUT2D eigenvalue weighted by atomic mass is 10.7. The Morgan fingerprint density at radius 1 is 1.40 bits per heavy atom. The number of hydrazine groups is 1. The Morgan fingerprint density at radius 3 is 2.20 bits per heavy atom. The Balaban J connectivity index is 0.000000810. The van der Waals surface area contributed by atoms with E-state index in [1.807, 2.05) is 0 Å². The van der Waals surface area contributed by atoms with Gasteiger partial charge >= 0.3 is 0 Å². The monoisotopic (exact) mass is 160 g/mol. The van der Waals surface area contributed by atoms with E-state index in [4.69, 9.17) is 5.84 Å². The van der Waals surface area contributed by atoms with E-state index in [-0.39, 0.29) is 12.4 Å². The molecule has 1 heterocycles. The maximum absolute atomic E-state index is 5.32. The quantitative estimate of drug-likeness (QED) is 0.472. The fourth-order valence-electron chi connectivity index (χ4n) is 0.473. The Morgan fingerprint density at radius 2 is 1.90 bits per heavy atom. The minimum atomic E-state index is 0. The fourth-order valence-corrected chi connectivity index (χ4v) is 0.473. The van der Waals surface area contributed by atoms with Crippen molar-refractivity contribution in [2.24, 2.45) is 5.84 Å². The van der Waals surface area contributed by atoms with Crippen LogP contribution < -0.4 is 10.9 Å². The molecule has 0 radical (unpaired) electrons. The van der Waals surface area contributed by atoms with Crippen molar-refractivity contribution in [3.8, 4) is 0 Å². The number of hydrogen-bond donors (Lipinski definition) is 1. The molecule has 0 spiro atoms. The highest BCUT2D eigenvalue weighted by Gasteiger charge is 1.92. The molecule has 0 aliphatic rings. The molecule has 5 heteroatoms. The molecule has 0 aliphatic carbocycles. The van der Waals surface area contributed by atoms with Gasteiger partial charge in [-0.2, -0.15) is 0 Å². The van der Waals surface area contributed by atoms with Crippen LogP contribution in [0, 0.1) is 0 Å². The number of hydrogen-bond acceptors (Lipinski definition) is 4. The Bertz CT molecular complexity index is 176. The molecule has 56 valence electrons. The van der Waals surface area contributed by atoms with Gasteiger partial charge in [0.2, 0.25) is 5.95 Å². The summed E-state index contributed by atoms with van der Waals surface area (Å²) in [7, 11) is 1.69. The van der Waals surface area contributed by atoms with E-state index in [1.54, 1.807) is 25.5 Å². The van der Waals surface area contributed by atoms with E-state index in [0.717, 1.165) is 0 Å².